The van der Waals surface area contributed by atoms with Gasteiger partial charge in [-0.15, -0.1) is 0 Å². The van der Waals surface area contributed by atoms with Crippen LogP contribution in [0, 0.1) is 0 Å². The molecule has 0 spiro atoms. The Morgan fingerprint density at radius 2 is 2.09 bits per heavy atom. The van der Waals surface area contributed by atoms with E-state index in [9.17, 15) is 21.6 Å². The SMILES string of the molecule is NC(=S)CN(CC1CO1)S(=O)(=O)Cc1cccc(C(F)(F)F)c1. The molecule has 0 saturated carbocycles. The minimum atomic E-state index is -4.53. The fraction of sp³-hybridized carbons (Fsp3) is 0.462. The molecule has 1 aromatic rings. The number of halogens is 3. The monoisotopic (exact) mass is 368 g/mol. The number of hydrogen-bond acceptors (Lipinski definition) is 4. The third-order valence-electron chi connectivity index (χ3n) is 3.14. The average molecular weight is 368 g/mol. The van der Waals surface area contributed by atoms with Crippen LogP contribution in [0.2, 0.25) is 0 Å². The van der Waals surface area contributed by atoms with Crippen molar-refractivity contribution in [2.45, 2.75) is 18.0 Å². The first-order chi connectivity index (χ1) is 10.6. The summed E-state index contributed by atoms with van der Waals surface area (Å²) in [7, 11) is -3.87. The molecule has 10 heteroatoms. The molecule has 0 radical (unpaired) electrons. The van der Waals surface area contributed by atoms with Crippen molar-refractivity contribution in [3.63, 3.8) is 0 Å². The summed E-state index contributed by atoms with van der Waals surface area (Å²) in [5.41, 5.74) is 4.55. The number of epoxide rings is 1. The minimum Gasteiger partial charge on any atom is -0.392 e. The fourth-order valence-electron chi connectivity index (χ4n) is 1.99. The summed E-state index contributed by atoms with van der Waals surface area (Å²) in [6.07, 6.45) is -4.75. The Bertz CT molecular complexity index is 688. The molecule has 0 amide bonds. The van der Waals surface area contributed by atoms with Crippen LogP contribution in [-0.2, 0) is 26.7 Å². The highest BCUT2D eigenvalue weighted by atomic mass is 32.2. The molecule has 128 valence electrons. The zero-order valence-electron chi connectivity index (χ0n) is 11.9. The maximum atomic E-state index is 12.7. The van der Waals surface area contributed by atoms with Crippen LogP contribution in [-0.4, -0.2) is 43.5 Å². The second-order valence-corrected chi connectivity index (χ2v) is 7.66. The first-order valence-electron chi connectivity index (χ1n) is 6.62. The Morgan fingerprint density at radius 1 is 1.43 bits per heavy atom. The van der Waals surface area contributed by atoms with Crippen molar-refractivity contribution < 1.29 is 26.3 Å². The molecule has 0 aromatic heterocycles. The molecule has 1 saturated heterocycles. The molecule has 5 nitrogen and oxygen atoms in total. The van der Waals surface area contributed by atoms with Crippen LogP contribution in [0.25, 0.3) is 0 Å². The van der Waals surface area contributed by atoms with E-state index in [1.807, 2.05) is 0 Å². The van der Waals surface area contributed by atoms with Crippen molar-refractivity contribution in [1.29, 1.82) is 0 Å². The highest BCUT2D eigenvalue weighted by Gasteiger charge is 2.33. The van der Waals surface area contributed by atoms with Gasteiger partial charge in [0.1, 0.15) is 0 Å². The molecule has 1 aromatic carbocycles. The summed E-state index contributed by atoms with van der Waals surface area (Å²) in [5.74, 6) is -0.563. The predicted octanol–water partition coefficient (Wildman–Crippen LogP) is 1.52. The summed E-state index contributed by atoms with van der Waals surface area (Å²) in [5, 5.41) is 0. The zero-order chi connectivity index (χ0) is 17.3. The summed E-state index contributed by atoms with van der Waals surface area (Å²) >= 11 is 4.73. The molecule has 0 aliphatic carbocycles. The molecule has 1 atom stereocenters. The summed E-state index contributed by atoms with van der Waals surface area (Å²) in [6.45, 7) is 0.349. The lowest BCUT2D eigenvalue weighted by Crippen LogP contribution is -2.40. The third-order valence-corrected chi connectivity index (χ3v) is 5.03. The van der Waals surface area contributed by atoms with E-state index in [1.54, 1.807) is 0 Å². The number of thiocarbonyl (C=S) groups is 1. The fourth-order valence-corrected chi connectivity index (χ4v) is 3.74. The van der Waals surface area contributed by atoms with E-state index in [2.05, 4.69) is 0 Å². The average Bonchev–Trinajstić information content (AvgIpc) is 3.20. The molecular formula is C13H15F3N2O3S2. The maximum absolute atomic E-state index is 12.7. The molecule has 1 aliphatic rings. The highest BCUT2D eigenvalue weighted by molar-refractivity contribution is 7.88. The van der Waals surface area contributed by atoms with Gasteiger partial charge in [-0.2, -0.15) is 17.5 Å². The molecular weight excluding hydrogens is 353 g/mol. The number of nitrogens with zero attached hydrogens (tertiary/aromatic N) is 1. The standard InChI is InChI=1S/C13H15F3N2O3S2/c14-13(15,16)10-3-1-2-9(4-10)8-23(19,20)18(6-12(17)22)5-11-7-21-11/h1-4,11H,5-8H2,(H2,17,22). The first kappa shape index (κ1) is 18.1. The molecule has 0 bridgehead atoms. The van der Waals surface area contributed by atoms with Crippen molar-refractivity contribution in [3.8, 4) is 0 Å². The normalized spacial score (nSPS) is 18.2. The third kappa shape index (κ3) is 5.41. The van der Waals surface area contributed by atoms with E-state index >= 15 is 0 Å². The zero-order valence-corrected chi connectivity index (χ0v) is 13.5. The second kappa shape index (κ2) is 6.71. The number of nitrogens with two attached hydrogens (primary N) is 1. The smallest absolute Gasteiger partial charge is 0.392 e. The molecule has 2 N–H and O–H groups in total. The molecule has 1 aliphatic heterocycles. The van der Waals surface area contributed by atoms with Gasteiger partial charge in [-0.05, 0) is 11.6 Å². The minimum absolute atomic E-state index is 0.0155. The molecule has 1 fully saturated rings. The van der Waals surface area contributed by atoms with Gasteiger partial charge in [-0.1, -0.05) is 30.4 Å². The van der Waals surface area contributed by atoms with Gasteiger partial charge in [0, 0.05) is 6.54 Å². The lowest BCUT2D eigenvalue weighted by Gasteiger charge is -2.21. The number of hydrogen-bond donors (Lipinski definition) is 1. The maximum Gasteiger partial charge on any atom is 0.416 e. The number of ether oxygens (including phenoxy) is 1. The van der Waals surface area contributed by atoms with Crippen molar-refractivity contribution >= 4 is 27.2 Å². The van der Waals surface area contributed by atoms with Gasteiger partial charge in [-0.3, -0.25) is 0 Å². The van der Waals surface area contributed by atoms with E-state index in [1.165, 1.54) is 12.1 Å². The molecule has 1 unspecified atom stereocenters. The van der Waals surface area contributed by atoms with E-state index in [-0.39, 0.29) is 29.7 Å². The van der Waals surface area contributed by atoms with Gasteiger partial charge in [0.05, 0.1) is 35.6 Å². The predicted molar refractivity (Wildman–Crippen MR) is 82.2 cm³/mol. The van der Waals surface area contributed by atoms with E-state index in [0.29, 0.717) is 6.61 Å². The Hall–Kier alpha value is -1.23. The van der Waals surface area contributed by atoms with E-state index in [0.717, 1.165) is 16.4 Å². The quantitative estimate of drug-likeness (QED) is 0.583. The van der Waals surface area contributed by atoms with Gasteiger partial charge in [-0.25, -0.2) is 8.42 Å². The van der Waals surface area contributed by atoms with Crippen LogP contribution in [0.1, 0.15) is 11.1 Å². The van der Waals surface area contributed by atoms with Crippen LogP contribution in [0.5, 0.6) is 0 Å². The largest absolute Gasteiger partial charge is 0.416 e. The number of rotatable bonds is 7. The highest BCUT2D eigenvalue weighted by Crippen LogP contribution is 2.30. The van der Waals surface area contributed by atoms with Crippen molar-refractivity contribution in [1.82, 2.24) is 4.31 Å². The molecule has 23 heavy (non-hydrogen) atoms. The molecule has 1 heterocycles. The topological polar surface area (TPSA) is 75.9 Å². The van der Waals surface area contributed by atoms with Gasteiger partial charge in [0.2, 0.25) is 10.0 Å². The molecule has 2 rings (SSSR count). The van der Waals surface area contributed by atoms with Crippen molar-refractivity contribution in [2.75, 3.05) is 19.7 Å². The van der Waals surface area contributed by atoms with Gasteiger partial charge >= 0.3 is 6.18 Å². The summed E-state index contributed by atoms with van der Waals surface area (Å²) in [6, 6.07) is 4.22. The van der Waals surface area contributed by atoms with E-state index in [4.69, 9.17) is 22.7 Å². The van der Waals surface area contributed by atoms with Gasteiger partial charge in [0.25, 0.3) is 0 Å². The number of alkyl halides is 3. The summed E-state index contributed by atoms with van der Waals surface area (Å²) < 4.78 is 69.0. The lowest BCUT2D eigenvalue weighted by molar-refractivity contribution is -0.137. The van der Waals surface area contributed by atoms with Crippen LogP contribution >= 0.6 is 12.2 Å². The van der Waals surface area contributed by atoms with Gasteiger partial charge < -0.3 is 10.5 Å². The van der Waals surface area contributed by atoms with Crippen LogP contribution in [0.3, 0.4) is 0 Å². The van der Waals surface area contributed by atoms with Gasteiger partial charge in [0.15, 0.2) is 0 Å². The van der Waals surface area contributed by atoms with E-state index < -0.39 is 27.5 Å². The van der Waals surface area contributed by atoms with Crippen molar-refractivity contribution in [3.05, 3.63) is 35.4 Å². The number of sulfonamides is 1. The lowest BCUT2D eigenvalue weighted by atomic mass is 10.1. The Balaban J connectivity index is 2.19. The van der Waals surface area contributed by atoms with Crippen LogP contribution < -0.4 is 5.73 Å². The van der Waals surface area contributed by atoms with Crippen LogP contribution in [0.15, 0.2) is 24.3 Å². The van der Waals surface area contributed by atoms with Crippen molar-refractivity contribution in [2.24, 2.45) is 5.73 Å². The Morgan fingerprint density at radius 3 is 2.61 bits per heavy atom. The second-order valence-electron chi connectivity index (χ2n) is 5.17. The number of benzene rings is 1. The Kier molecular flexibility index (Phi) is 5.29. The summed E-state index contributed by atoms with van der Waals surface area (Å²) in [4.78, 5) is -0.0155. The Labute approximate surface area is 137 Å². The van der Waals surface area contributed by atoms with Crippen LogP contribution in [0.4, 0.5) is 13.2 Å². The first-order valence-corrected chi connectivity index (χ1v) is 8.63.